The van der Waals surface area contributed by atoms with Gasteiger partial charge in [0.2, 0.25) is 0 Å². The van der Waals surface area contributed by atoms with Crippen molar-refractivity contribution in [2.24, 2.45) is 4.99 Å². The van der Waals surface area contributed by atoms with Gasteiger partial charge in [0.1, 0.15) is 4.34 Å². The number of aromatic nitrogens is 1. The quantitative estimate of drug-likeness (QED) is 0.224. The highest BCUT2D eigenvalue weighted by molar-refractivity contribution is 14.0. The number of hydrogen-bond donors (Lipinski definition) is 2. The maximum atomic E-state index is 4.25. The summed E-state index contributed by atoms with van der Waals surface area (Å²) in [6, 6.07) is 10.3. The number of nitrogens with one attached hydrogen (secondary N) is 2. The summed E-state index contributed by atoms with van der Waals surface area (Å²) in [6.07, 6.45) is 2.93. The van der Waals surface area contributed by atoms with Gasteiger partial charge in [0.15, 0.2) is 5.96 Å². The Kier molecular flexibility index (Phi) is 10.3. The Morgan fingerprint density at radius 2 is 2.09 bits per heavy atom. The van der Waals surface area contributed by atoms with Crippen molar-refractivity contribution in [3.05, 3.63) is 47.5 Å². The van der Waals surface area contributed by atoms with Crippen molar-refractivity contribution in [3.8, 4) is 0 Å². The zero-order chi connectivity index (χ0) is 14.8. The third kappa shape index (κ3) is 7.46. The summed E-state index contributed by atoms with van der Waals surface area (Å²) >= 11 is 3.50. The summed E-state index contributed by atoms with van der Waals surface area (Å²) in [4.78, 5) is 8.48. The number of aliphatic imine (C=N–C) groups is 1. The van der Waals surface area contributed by atoms with Gasteiger partial charge >= 0.3 is 0 Å². The number of benzene rings is 1. The molecular formula is C15H21IN4S2. The van der Waals surface area contributed by atoms with Gasteiger partial charge in [0.05, 0.1) is 0 Å². The molecule has 22 heavy (non-hydrogen) atoms. The van der Waals surface area contributed by atoms with Gasteiger partial charge in [-0.2, -0.15) is 0 Å². The number of hydrogen-bond acceptors (Lipinski definition) is 4. The molecule has 7 heteroatoms. The highest BCUT2D eigenvalue weighted by Gasteiger charge is 1.99. The summed E-state index contributed by atoms with van der Waals surface area (Å²) in [7, 11) is 1.80. The summed E-state index contributed by atoms with van der Waals surface area (Å²) in [5.74, 6) is 1.91. The molecule has 2 rings (SSSR count). The molecule has 0 unspecified atom stereocenters. The molecule has 0 aliphatic rings. The van der Waals surface area contributed by atoms with Crippen LogP contribution in [0.1, 0.15) is 12.0 Å². The van der Waals surface area contributed by atoms with E-state index in [1.807, 2.05) is 29.8 Å². The second-order valence-corrected chi connectivity index (χ2v) is 6.57. The second-order valence-electron chi connectivity index (χ2n) is 4.34. The highest BCUT2D eigenvalue weighted by Crippen LogP contribution is 2.20. The lowest BCUT2D eigenvalue weighted by atomic mass is 10.2. The van der Waals surface area contributed by atoms with Crippen molar-refractivity contribution in [1.29, 1.82) is 0 Å². The van der Waals surface area contributed by atoms with Gasteiger partial charge in [-0.1, -0.05) is 42.1 Å². The van der Waals surface area contributed by atoms with E-state index >= 15 is 0 Å². The van der Waals surface area contributed by atoms with Gasteiger partial charge in [-0.05, 0) is 12.0 Å². The SMILES string of the molecule is CN=C(NCCCSc1nccs1)NCc1ccccc1.I. The van der Waals surface area contributed by atoms with Crippen LogP contribution in [-0.2, 0) is 6.54 Å². The predicted octanol–water partition coefficient (Wildman–Crippen LogP) is 3.61. The number of guanidine groups is 1. The Bertz CT molecular complexity index is 532. The zero-order valence-corrected chi connectivity index (χ0v) is 16.5. The molecule has 0 fully saturated rings. The molecule has 0 bridgehead atoms. The Morgan fingerprint density at radius 1 is 1.27 bits per heavy atom. The number of thiazole rings is 1. The van der Waals surface area contributed by atoms with Crippen molar-refractivity contribution in [2.45, 2.75) is 17.3 Å². The number of rotatable bonds is 7. The first-order valence-electron chi connectivity index (χ1n) is 6.89. The van der Waals surface area contributed by atoms with Gasteiger partial charge in [-0.25, -0.2) is 4.98 Å². The smallest absolute Gasteiger partial charge is 0.191 e. The first-order chi connectivity index (χ1) is 10.4. The second kappa shape index (κ2) is 11.7. The maximum Gasteiger partial charge on any atom is 0.191 e. The van der Waals surface area contributed by atoms with E-state index in [9.17, 15) is 0 Å². The maximum absolute atomic E-state index is 4.25. The van der Waals surface area contributed by atoms with Crippen LogP contribution in [-0.4, -0.2) is 30.3 Å². The fourth-order valence-electron chi connectivity index (χ4n) is 1.72. The van der Waals surface area contributed by atoms with Crippen molar-refractivity contribution >= 4 is 53.0 Å². The minimum atomic E-state index is 0. The molecule has 0 saturated carbocycles. The zero-order valence-electron chi connectivity index (χ0n) is 12.5. The van der Waals surface area contributed by atoms with Gasteiger partial charge in [0, 0.05) is 37.5 Å². The lowest BCUT2D eigenvalue weighted by molar-refractivity contribution is 0.785. The topological polar surface area (TPSA) is 49.3 Å². The van der Waals surface area contributed by atoms with Gasteiger partial charge in [0.25, 0.3) is 0 Å². The molecule has 0 radical (unpaired) electrons. The standard InChI is InChI=1S/C15H20N4S2.HI/c1-16-14(19-12-13-6-3-2-4-7-13)17-8-5-10-20-15-18-9-11-21-15;/h2-4,6-7,9,11H,5,8,10,12H2,1H3,(H2,16,17,19);1H. The van der Waals surface area contributed by atoms with Gasteiger partial charge in [-0.15, -0.1) is 35.3 Å². The first kappa shape index (κ1) is 19.2. The fourth-order valence-corrected chi connectivity index (χ4v) is 3.37. The molecule has 1 aromatic heterocycles. The van der Waals surface area contributed by atoms with Crippen molar-refractivity contribution in [1.82, 2.24) is 15.6 Å². The lowest BCUT2D eigenvalue weighted by Crippen LogP contribution is -2.37. The van der Waals surface area contributed by atoms with Crippen LogP contribution in [0.4, 0.5) is 0 Å². The van der Waals surface area contributed by atoms with E-state index in [2.05, 4.69) is 32.7 Å². The molecule has 0 spiro atoms. The van der Waals surface area contributed by atoms with Crippen LogP contribution in [0.15, 0.2) is 51.2 Å². The van der Waals surface area contributed by atoms with Gasteiger partial charge < -0.3 is 10.6 Å². The fraction of sp³-hybridized carbons (Fsp3) is 0.333. The molecule has 120 valence electrons. The minimum absolute atomic E-state index is 0. The summed E-state index contributed by atoms with van der Waals surface area (Å²) < 4.78 is 1.14. The van der Waals surface area contributed by atoms with Crippen molar-refractivity contribution < 1.29 is 0 Å². The average Bonchev–Trinajstić information content (AvgIpc) is 3.04. The largest absolute Gasteiger partial charge is 0.356 e. The summed E-state index contributed by atoms with van der Waals surface area (Å²) in [6.45, 7) is 1.70. The van der Waals surface area contributed by atoms with Crippen LogP contribution < -0.4 is 10.6 Å². The Labute approximate surface area is 157 Å². The number of thioether (sulfide) groups is 1. The van der Waals surface area contributed by atoms with Crippen LogP contribution in [0.25, 0.3) is 0 Å². The van der Waals surface area contributed by atoms with E-state index in [-0.39, 0.29) is 24.0 Å². The van der Waals surface area contributed by atoms with E-state index in [4.69, 9.17) is 0 Å². The molecule has 0 atom stereocenters. The van der Waals surface area contributed by atoms with Crippen LogP contribution in [0.3, 0.4) is 0 Å². The molecule has 0 aliphatic heterocycles. The van der Waals surface area contributed by atoms with Crippen LogP contribution in [0, 0.1) is 0 Å². The molecule has 0 saturated heterocycles. The first-order valence-corrected chi connectivity index (χ1v) is 8.76. The lowest BCUT2D eigenvalue weighted by Gasteiger charge is -2.11. The normalized spacial score (nSPS) is 10.9. The molecule has 0 aliphatic carbocycles. The molecule has 1 aromatic carbocycles. The van der Waals surface area contributed by atoms with Crippen LogP contribution in [0.2, 0.25) is 0 Å². The Balaban J connectivity index is 0.00000242. The van der Waals surface area contributed by atoms with E-state index in [0.717, 1.165) is 35.6 Å². The van der Waals surface area contributed by atoms with E-state index in [0.29, 0.717) is 0 Å². The Hall–Kier alpha value is -0.800. The third-order valence-electron chi connectivity index (χ3n) is 2.78. The average molecular weight is 448 g/mol. The van der Waals surface area contributed by atoms with Crippen LogP contribution in [0.5, 0.6) is 0 Å². The molecule has 0 amide bonds. The summed E-state index contributed by atoms with van der Waals surface area (Å²) in [5.41, 5.74) is 1.25. The highest BCUT2D eigenvalue weighted by atomic mass is 127. The van der Waals surface area contributed by atoms with Gasteiger partial charge in [-0.3, -0.25) is 4.99 Å². The molecule has 4 nitrogen and oxygen atoms in total. The third-order valence-corrected chi connectivity index (χ3v) is 4.83. The summed E-state index contributed by atoms with van der Waals surface area (Å²) in [5, 5.41) is 8.65. The van der Waals surface area contributed by atoms with E-state index in [1.54, 1.807) is 30.1 Å². The predicted molar refractivity (Wildman–Crippen MR) is 108 cm³/mol. The monoisotopic (exact) mass is 448 g/mol. The Morgan fingerprint density at radius 3 is 2.77 bits per heavy atom. The minimum Gasteiger partial charge on any atom is -0.356 e. The van der Waals surface area contributed by atoms with Crippen LogP contribution >= 0.6 is 47.1 Å². The van der Waals surface area contributed by atoms with E-state index < -0.39 is 0 Å². The number of nitrogens with zero attached hydrogens (tertiary/aromatic N) is 2. The molecule has 1 heterocycles. The van der Waals surface area contributed by atoms with E-state index in [1.165, 1.54) is 5.56 Å². The molecule has 2 aromatic rings. The molecule has 2 N–H and O–H groups in total. The number of halogens is 1. The molecular weight excluding hydrogens is 427 g/mol. The van der Waals surface area contributed by atoms with Crippen molar-refractivity contribution in [3.63, 3.8) is 0 Å². The van der Waals surface area contributed by atoms with Crippen molar-refractivity contribution in [2.75, 3.05) is 19.3 Å².